The Kier molecular flexibility index (Phi) is 6.14. The van der Waals surface area contributed by atoms with E-state index in [2.05, 4.69) is 15.6 Å². The molecule has 0 aliphatic carbocycles. The van der Waals surface area contributed by atoms with Crippen LogP contribution >= 0.6 is 11.6 Å². The lowest BCUT2D eigenvalue weighted by molar-refractivity contribution is -0.137. The Morgan fingerprint density at radius 1 is 1.18 bits per heavy atom. The number of carbonyl (C=O) groups excluding carboxylic acids is 1. The average Bonchev–Trinajstić information content (AvgIpc) is 3.46. The zero-order valence-electron chi connectivity index (χ0n) is 18.4. The third-order valence-electron chi connectivity index (χ3n) is 5.75. The van der Waals surface area contributed by atoms with Gasteiger partial charge >= 0.3 is 0 Å². The Labute approximate surface area is 200 Å². The van der Waals surface area contributed by atoms with Gasteiger partial charge in [-0.25, -0.2) is 15.0 Å². The molecule has 174 valence electrons. The highest BCUT2D eigenvalue weighted by atomic mass is 35.5. The molecule has 1 saturated heterocycles. The summed E-state index contributed by atoms with van der Waals surface area (Å²) in [6, 6.07) is 17.3. The number of hydrogen-bond acceptors (Lipinski definition) is 7. The van der Waals surface area contributed by atoms with E-state index in [1.807, 2.05) is 48.5 Å². The fourth-order valence-electron chi connectivity index (χ4n) is 4.00. The van der Waals surface area contributed by atoms with Gasteiger partial charge in [0.1, 0.15) is 6.23 Å². The van der Waals surface area contributed by atoms with E-state index in [1.165, 1.54) is 7.05 Å². The molecule has 0 spiro atoms. The van der Waals surface area contributed by atoms with Gasteiger partial charge < -0.3 is 20.5 Å². The normalized spacial score (nSPS) is 19.9. The van der Waals surface area contributed by atoms with Crippen molar-refractivity contribution in [3.8, 4) is 11.4 Å². The van der Waals surface area contributed by atoms with Crippen LogP contribution in [0.1, 0.15) is 18.2 Å². The van der Waals surface area contributed by atoms with Crippen molar-refractivity contribution in [1.82, 2.24) is 24.8 Å². The van der Waals surface area contributed by atoms with Gasteiger partial charge in [-0.3, -0.25) is 9.36 Å². The maximum absolute atomic E-state index is 12.1. The number of amides is 1. The summed E-state index contributed by atoms with van der Waals surface area (Å²) in [5.41, 5.74) is 2.82. The summed E-state index contributed by atoms with van der Waals surface area (Å²) in [5.74, 6) is 0.594. The van der Waals surface area contributed by atoms with Crippen LogP contribution in [0.3, 0.4) is 0 Å². The van der Waals surface area contributed by atoms with Crippen LogP contribution in [0.4, 0.5) is 5.82 Å². The van der Waals surface area contributed by atoms with E-state index in [1.54, 1.807) is 17.0 Å². The number of aromatic nitrogens is 4. The molecular weight excluding hydrogens is 456 g/mol. The highest BCUT2D eigenvalue weighted by Gasteiger charge is 2.40. The molecule has 2 aromatic heterocycles. The number of aliphatic hydroxyl groups excluding tert-OH is 1. The second-order valence-electron chi connectivity index (χ2n) is 7.97. The summed E-state index contributed by atoms with van der Waals surface area (Å²) in [4.78, 5) is 26.1. The van der Waals surface area contributed by atoms with Crippen molar-refractivity contribution in [2.24, 2.45) is 0 Å². The first-order valence-corrected chi connectivity index (χ1v) is 11.3. The molecule has 0 unspecified atom stereocenters. The van der Waals surface area contributed by atoms with Gasteiger partial charge in [0.2, 0.25) is 0 Å². The predicted octanol–water partition coefficient (Wildman–Crippen LogP) is 3.15. The number of carbonyl (C=O) groups is 1. The minimum atomic E-state index is -0.965. The van der Waals surface area contributed by atoms with E-state index in [9.17, 15) is 9.90 Å². The van der Waals surface area contributed by atoms with Crippen LogP contribution in [0.15, 0.2) is 60.9 Å². The fourth-order valence-corrected chi connectivity index (χ4v) is 4.22. The minimum absolute atomic E-state index is 0.224. The standard InChI is InChI=1S/C24H23ClN6O3/c1-26-24(33)20-17(32)11-18(34-20)31-13-28-19-22(27-12-14-7-3-2-4-8-14)29-21(30-23(19)31)15-9-5-6-10-16(15)25/h2-10,13,17-18,20,32H,11-12H2,1H3,(H,26,33)(H,27,29,30)/t17-,18+,20-/m0/s1. The maximum Gasteiger partial charge on any atom is 0.251 e. The lowest BCUT2D eigenvalue weighted by Crippen LogP contribution is -2.38. The van der Waals surface area contributed by atoms with E-state index < -0.39 is 18.4 Å². The van der Waals surface area contributed by atoms with Crippen molar-refractivity contribution in [3.05, 3.63) is 71.5 Å². The molecule has 4 aromatic rings. The Bertz CT molecular complexity index is 1330. The third-order valence-corrected chi connectivity index (χ3v) is 6.08. The Hall–Kier alpha value is -3.53. The number of fused-ring (bicyclic) bond motifs is 1. The lowest BCUT2D eigenvalue weighted by Gasteiger charge is -2.15. The highest BCUT2D eigenvalue weighted by molar-refractivity contribution is 6.33. The van der Waals surface area contributed by atoms with Crippen molar-refractivity contribution in [2.75, 3.05) is 12.4 Å². The van der Waals surface area contributed by atoms with Crippen LogP contribution in [0.2, 0.25) is 5.02 Å². The largest absolute Gasteiger partial charge is 0.390 e. The van der Waals surface area contributed by atoms with Crippen LogP contribution < -0.4 is 10.6 Å². The Balaban J connectivity index is 1.57. The van der Waals surface area contributed by atoms with Gasteiger partial charge in [-0.1, -0.05) is 54.1 Å². The molecular formula is C24H23ClN6O3. The SMILES string of the molecule is CNC(=O)[C@H]1O[C@@H](n2cnc3c(NCc4ccccc4)nc(-c4ccccc4Cl)nc32)C[C@@H]1O. The molecule has 1 fully saturated rings. The van der Waals surface area contributed by atoms with Crippen molar-refractivity contribution in [1.29, 1.82) is 0 Å². The maximum atomic E-state index is 12.1. The van der Waals surface area contributed by atoms with Crippen molar-refractivity contribution < 1.29 is 14.6 Å². The number of aliphatic hydroxyl groups is 1. The molecule has 0 radical (unpaired) electrons. The number of benzene rings is 2. The molecule has 9 nitrogen and oxygen atoms in total. The van der Waals surface area contributed by atoms with Crippen molar-refractivity contribution in [3.63, 3.8) is 0 Å². The van der Waals surface area contributed by atoms with E-state index in [0.29, 0.717) is 39.9 Å². The second kappa shape index (κ2) is 9.38. The first kappa shape index (κ1) is 22.3. The third kappa shape index (κ3) is 4.21. The Morgan fingerprint density at radius 3 is 2.71 bits per heavy atom. The summed E-state index contributed by atoms with van der Waals surface area (Å²) < 4.78 is 7.59. The van der Waals surface area contributed by atoms with Crippen LogP contribution in [-0.4, -0.2) is 49.8 Å². The molecule has 0 bridgehead atoms. The zero-order valence-corrected chi connectivity index (χ0v) is 19.1. The number of nitrogens with one attached hydrogen (secondary N) is 2. The van der Waals surface area contributed by atoms with Crippen LogP contribution in [0.5, 0.6) is 0 Å². The number of nitrogens with zero attached hydrogens (tertiary/aromatic N) is 4. The molecule has 2 aromatic carbocycles. The van der Waals surface area contributed by atoms with Gasteiger partial charge in [0.05, 0.1) is 17.5 Å². The first-order valence-electron chi connectivity index (χ1n) is 10.9. The van der Waals surface area contributed by atoms with E-state index >= 15 is 0 Å². The summed E-state index contributed by atoms with van der Waals surface area (Å²) in [6.07, 6.45) is -0.705. The average molecular weight is 479 g/mol. The number of halogens is 1. The molecule has 5 rings (SSSR count). The lowest BCUT2D eigenvalue weighted by atomic mass is 10.1. The van der Waals surface area contributed by atoms with Gasteiger partial charge in [-0.15, -0.1) is 0 Å². The molecule has 3 heterocycles. The Morgan fingerprint density at radius 2 is 1.94 bits per heavy atom. The van der Waals surface area contributed by atoms with Crippen LogP contribution in [0.25, 0.3) is 22.6 Å². The molecule has 1 aliphatic rings. The van der Waals surface area contributed by atoms with Gasteiger partial charge in [0, 0.05) is 25.6 Å². The molecule has 3 atom stereocenters. The minimum Gasteiger partial charge on any atom is -0.390 e. The summed E-state index contributed by atoms with van der Waals surface area (Å²) in [6.45, 7) is 0.541. The monoisotopic (exact) mass is 478 g/mol. The highest BCUT2D eigenvalue weighted by Crippen LogP contribution is 2.34. The summed E-state index contributed by atoms with van der Waals surface area (Å²) >= 11 is 6.44. The van der Waals surface area contributed by atoms with Gasteiger partial charge in [-0.05, 0) is 17.7 Å². The molecule has 10 heteroatoms. The second-order valence-corrected chi connectivity index (χ2v) is 8.37. The topological polar surface area (TPSA) is 114 Å². The van der Waals surface area contributed by atoms with Crippen LogP contribution in [-0.2, 0) is 16.1 Å². The van der Waals surface area contributed by atoms with Crippen molar-refractivity contribution in [2.45, 2.75) is 31.4 Å². The van der Waals surface area contributed by atoms with E-state index in [0.717, 1.165) is 5.56 Å². The molecule has 34 heavy (non-hydrogen) atoms. The number of ether oxygens (including phenoxy) is 1. The molecule has 0 saturated carbocycles. The molecule has 3 N–H and O–H groups in total. The smallest absolute Gasteiger partial charge is 0.251 e. The zero-order chi connectivity index (χ0) is 23.7. The molecule has 1 amide bonds. The first-order chi connectivity index (χ1) is 16.5. The number of imidazole rings is 1. The number of anilines is 1. The van der Waals surface area contributed by atoms with Gasteiger partial charge in [-0.2, -0.15) is 0 Å². The van der Waals surface area contributed by atoms with Gasteiger partial charge in [0.15, 0.2) is 28.9 Å². The summed E-state index contributed by atoms with van der Waals surface area (Å²) in [7, 11) is 1.51. The fraction of sp³-hybridized carbons (Fsp3) is 0.250. The molecule has 1 aliphatic heterocycles. The van der Waals surface area contributed by atoms with E-state index in [4.69, 9.17) is 26.3 Å². The van der Waals surface area contributed by atoms with E-state index in [-0.39, 0.29) is 12.3 Å². The number of rotatable bonds is 6. The predicted molar refractivity (Wildman–Crippen MR) is 128 cm³/mol. The quantitative estimate of drug-likeness (QED) is 0.390. The number of likely N-dealkylation sites (N-methyl/N-ethyl adjacent to an activating group) is 1. The summed E-state index contributed by atoms with van der Waals surface area (Å²) in [5, 5.41) is 16.8. The van der Waals surface area contributed by atoms with Gasteiger partial charge in [0.25, 0.3) is 5.91 Å². The van der Waals surface area contributed by atoms with Crippen LogP contribution in [0, 0.1) is 0 Å². The number of hydrogen-bond donors (Lipinski definition) is 3. The van der Waals surface area contributed by atoms with Crippen molar-refractivity contribution >= 4 is 34.5 Å².